The molecule has 1 heterocycles. The number of rotatable bonds is 15. The molecule has 4 rings (SSSR count). The molecule has 3 fully saturated rings. The van der Waals surface area contributed by atoms with E-state index in [0.29, 0.717) is 31.5 Å². The van der Waals surface area contributed by atoms with Gasteiger partial charge in [0.1, 0.15) is 12.1 Å². The standard InChI is InChI=1S/C34H49N7O5S.C4H10.C2H6/c1-3-19-36-31(45)28(43)25(21-23-15-16-23)39-30(44)26-14-11-20-41(26)27(42)22-37-32(46)29(34(2)17-9-4-5-10-18-34)40-47-33(35)38-24-12-7-6-8-13-24;1-4(2)3;1-2/h3,6-8,12-13,23,25-26,29,40H,1,4-5,9-11,14-22H2,2H3,(H2,35,38)(H,36,45)(H,37,46)(H,39,44);4H,1-3H3;1-2H3. The van der Waals surface area contributed by atoms with Crippen molar-refractivity contribution in [1.82, 2.24) is 25.6 Å². The highest BCUT2D eigenvalue weighted by molar-refractivity contribution is 8.12. The SMILES string of the molecule is C=CCNC(=O)C(=O)C(CC1CC1)NC(=O)C1CCCN1C(=O)CNC(=O)C(NSC(N)=Nc1ccccc1)C1(C)CCCCCC1.CC.CC(C)C. The number of carbonyl (C=O) groups is 5. The molecule has 3 unspecified atom stereocenters. The Bertz CT molecular complexity index is 1360. The maximum absolute atomic E-state index is 13.7. The monoisotopic (exact) mass is 755 g/mol. The predicted molar refractivity (Wildman–Crippen MR) is 215 cm³/mol. The van der Waals surface area contributed by atoms with Crippen LogP contribution < -0.4 is 26.4 Å². The summed E-state index contributed by atoms with van der Waals surface area (Å²) in [5, 5.41) is 8.34. The van der Waals surface area contributed by atoms with Gasteiger partial charge in [0, 0.05) is 13.1 Å². The fourth-order valence-corrected chi connectivity index (χ4v) is 7.19. The minimum absolute atomic E-state index is 0.147. The molecule has 13 heteroatoms. The molecule has 0 aromatic heterocycles. The third kappa shape index (κ3) is 16.1. The highest BCUT2D eigenvalue weighted by Crippen LogP contribution is 2.38. The third-order valence-electron chi connectivity index (χ3n) is 9.30. The molecule has 12 nitrogen and oxygen atoms in total. The average Bonchev–Trinajstić information content (AvgIpc) is 3.87. The molecular weight excluding hydrogens is 691 g/mol. The first-order valence-corrected chi connectivity index (χ1v) is 20.3. The van der Waals surface area contributed by atoms with E-state index >= 15 is 0 Å². The number of nitrogens with zero attached hydrogens (tertiary/aromatic N) is 2. The van der Waals surface area contributed by atoms with Crippen molar-refractivity contribution in [2.75, 3.05) is 19.6 Å². The third-order valence-corrected chi connectivity index (χ3v) is 9.96. The molecule has 53 heavy (non-hydrogen) atoms. The Labute approximate surface area is 321 Å². The van der Waals surface area contributed by atoms with E-state index in [9.17, 15) is 24.0 Å². The summed E-state index contributed by atoms with van der Waals surface area (Å²) in [5.41, 5.74) is 6.54. The number of benzene rings is 1. The molecule has 1 saturated heterocycles. The second-order valence-corrected chi connectivity index (χ2v) is 15.7. The van der Waals surface area contributed by atoms with Crippen molar-refractivity contribution in [3.8, 4) is 0 Å². The second kappa shape index (κ2) is 23.9. The molecule has 1 aliphatic heterocycles. The van der Waals surface area contributed by atoms with Gasteiger partial charge in [-0.2, -0.15) is 0 Å². The Morgan fingerprint density at radius 3 is 2.19 bits per heavy atom. The van der Waals surface area contributed by atoms with E-state index < -0.39 is 35.7 Å². The number of para-hydroxylation sites is 1. The number of nitrogens with one attached hydrogen (secondary N) is 4. The molecule has 2 aliphatic carbocycles. The average molecular weight is 756 g/mol. The quantitative estimate of drug-likeness (QED) is 0.0387. The lowest BCUT2D eigenvalue weighted by Gasteiger charge is -2.36. The Morgan fingerprint density at radius 1 is 0.981 bits per heavy atom. The number of amides is 4. The summed E-state index contributed by atoms with van der Waals surface area (Å²) in [6, 6.07) is 6.93. The molecule has 1 aromatic rings. The van der Waals surface area contributed by atoms with Crippen LogP contribution in [0.3, 0.4) is 0 Å². The molecule has 1 aromatic carbocycles. The number of carbonyl (C=O) groups excluding carboxylic acids is 5. The zero-order chi connectivity index (χ0) is 39.4. The van der Waals surface area contributed by atoms with Gasteiger partial charge >= 0.3 is 0 Å². The minimum Gasteiger partial charge on any atom is -0.377 e. The first-order valence-electron chi connectivity index (χ1n) is 19.5. The summed E-state index contributed by atoms with van der Waals surface area (Å²) in [4.78, 5) is 71.7. The van der Waals surface area contributed by atoms with E-state index in [4.69, 9.17) is 5.73 Å². The lowest BCUT2D eigenvalue weighted by molar-refractivity contribution is -0.142. The topological polar surface area (TPSA) is 175 Å². The summed E-state index contributed by atoms with van der Waals surface area (Å²) < 4.78 is 3.26. The first kappa shape index (κ1) is 45.4. The van der Waals surface area contributed by atoms with Crippen molar-refractivity contribution < 1.29 is 24.0 Å². The van der Waals surface area contributed by atoms with E-state index in [1.807, 2.05) is 44.2 Å². The van der Waals surface area contributed by atoms with Crippen molar-refractivity contribution in [2.24, 2.45) is 28.0 Å². The highest BCUT2D eigenvalue weighted by Gasteiger charge is 2.41. The smallest absolute Gasteiger partial charge is 0.289 e. The Kier molecular flexibility index (Phi) is 20.5. The molecule has 3 aliphatic rings. The van der Waals surface area contributed by atoms with Crippen LogP contribution in [0, 0.1) is 17.3 Å². The maximum atomic E-state index is 13.7. The molecule has 0 radical (unpaired) electrons. The van der Waals surface area contributed by atoms with Gasteiger partial charge in [0.05, 0.1) is 18.3 Å². The van der Waals surface area contributed by atoms with Crippen molar-refractivity contribution in [1.29, 1.82) is 0 Å². The molecule has 6 N–H and O–H groups in total. The van der Waals surface area contributed by atoms with Crippen LogP contribution in [0.1, 0.15) is 112 Å². The zero-order valence-corrected chi connectivity index (χ0v) is 33.7. The van der Waals surface area contributed by atoms with Crippen molar-refractivity contribution >= 4 is 52.2 Å². The van der Waals surface area contributed by atoms with Crippen molar-refractivity contribution in [3.05, 3.63) is 43.0 Å². The van der Waals surface area contributed by atoms with E-state index in [1.165, 1.54) is 11.0 Å². The number of hydrogen-bond donors (Lipinski definition) is 5. The van der Waals surface area contributed by atoms with Gasteiger partial charge in [0.2, 0.25) is 23.5 Å². The van der Waals surface area contributed by atoms with Crippen LogP contribution in [0.15, 0.2) is 48.0 Å². The molecule has 296 valence electrons. The van der Waals surface area contributed by atoms with Crippen LogP contribution in [0.4, 0.5) is 5.69 Å². The van der Waals surface area contributed by atoms with Gasteiger partial charge in [0.15, 0.2) is 5.17 Å². The molecular formula is C40H65N7O5S. The van der Waals surface area contributed by atoms with Crippen LogP contribution in [0.2, 0.25) is 0 Å². The lowest BCUT2D eigenvalue weighted by atomic mass is 9.75. The van der Waals surface area contributed by atoms with Gasteiger partial charge in [-0.1, -0.05) is 104 Å². The Morgan fingerprint density at radius 2 is 1.60 bits per heavy atom. The number of likely N-dealkylation sites (tertiary alicyclic amines) is 1. The Hall–Kier alpha value is -3.71. The van der Waals surface area contributed by atoms with Gasteiger partial charge in [-0.05, 0) is 73.4 Å². The highest BCUT2D eigenvalue weighted by atomic mass is 32.2. The number of ketones is 1. The molecule has 2 saturated carbocycles. The number of amidine groups is 1. The molecule has 0 bridgehead atoms. The normalized spacial score (nSPS) is 19.2. The predicted octanol–water partition coefficient (Wildman–Crippen LogP) is 5.55. The lowest BCUT2D eigenvalue weighted by Crippen LogP contribution is -2.56. The van der Waals surface area contributed by atoms with Crippen LogP contribution in [0.25, 0.3) is 0 Å². The van der Waals surface area contributed by atoms with E-state index in [1.54, 1.807) is 0 Å². The fourth-order valence-electron chi connectivity index (χ4n) is 6.41. The van der Waals surface area contributed by atoms with Gasteiger partial charge in [-0.3, -0.25) is 24.0 Å². The van der Waals surface area contributed by atoms with Crippen LogP contribution in [-0.4, -0.2) is 77.2 Å². The summed E-state index contributed by atoms with van der Waals surface area (Å²) in [7, 11) is 0. The number of nitrogens with two attached hydrogens (primary N) is 1. The van der Waals surface area contributed by atoms with Gasteiger partial charge in [0.25, 0.3) is 5.91 Å². The van der Waals surface area contributed by atoms with Crippen molar-refractivity contribution in [2.45, 2.75) is 130 Å². The first-order chi connectivity index (χ1) is 25.3. The summed E-state index contributed by atoms with van der Waals surface area (Å²) >= 11 is 1.10. The maximum Gasteiger partial charge on any atom is 0.289 e. The minimum atomic E-state index is -0.959. The van der Waals surface area contributed by atoms with E-state index in [0.717, 1.165) is 69.2 Å². The Balaban J connectivity index is 0.00000151. The number of Topliss-reactive ketones (excluding diaryl/α,β-unsaturated/α-hetero) is 1. The summed E-state index contributed by atoms with van der Waals surface area (Å²) in [5.74, 6) is -1.52. The van der Waals surface area contributed by atoms with E-state index in [2.05, 4.69) is 59.9 Å². The van der Waals surface area contributed by atoms with Crippen LogP contribution in [-0.2, 0) is 24.0 Å². The van der Waals surface area contributed by atoms with E-state index in [-0.39, 0.29) is 41.4 Å². The fraction of sp³-hybridized carbons (Fsp3) is 0.650. The van der Waals surface area contributed by atoms with Gasteiger partial charge in [-0.25, -0.2) is 9.71 Å². The van der Waals surface area contributed by atoms with Gasteiger partial charge in [-0.15, -0.1) is 6.58 Å². The van der Waals surface area contributed by atoms with Gasteiger partial charge < -0.3 is 26.6 Å². The molecule has 4 amide bonds. The second-order valence-electron chi connectivity index (χ2n) is 14.8. The zero-order valence-electron chi connectivity index (χ0n) is 32.9. The van der Waals surface area contributed by atoms with Crippen LogP contribution in [0.5, 0.6) is 0 Å². The van der Waals surface area contributed by atoms with Crippen molar-refractivity contribution in [3.63, 3.8) is 0 Å². The number of aliphatic imine (C=N–C) groups is 1. The molecule has 3 atom stereocenters. The summed E-state index contributed by atoms with van der Waals surface area (Å²) in [6.07, 6.45) is 10.7. The molecule has 0 spiro atoms. The largest absolute Gasteiger partial charge is 0.377 e. The summed E-state index contributed by atoms with van der Waals surface area (Å²) in [6.45, 7) is 16.4. The van der Waals surface area contributed by atoms with Crippen LogP contribution >= 0.6 is 11.9 Å². The number of hydrogen-bond acceptors (Lipinski definition) is 8.